The molecule has 1 aromatic heterocycles. The Bertz CT molecular complexity index is 1140. The van der Waals surface area contributed by atoms with Crippen molar-refractivity contribution >= 4 is 5.91 Å². The maximum Gasteiger partial charge on any atom is 0.231 e. The van der Waals surface area contributed by atoms with E-state index in [0.717, 1.165) is 29.9 Å². The summed E-state index contributed by atoms with van der Waals surface area (Å²) in [6.07, 6.45) is 3.06. The number of nitrogens with one attached hydrogen (secondary N) is 1. The fourth-order valence-electron chi connectivity index (χ4n) is 4.39. The third-order valence-corrected chi connectivity index (χ3v) is 6.42. The largest absolute Gasteiger partial charge is 0.454 e. The SMILES string of the molecule is O=C(CCCc1nc(-c2ccc(F)cc2)no1)NCC1(c2ccc3c(c2)OCO3)CCOCC1. The van der Waals surface area contributed by atoms with Gasteiger partial charge in [0.1, 0.15) is 5.82 Å². The first-order valence-electron chi connectivity index (χ1n) is 11.4. The number of nitrogens with zero attached hydrogens (tertiary/aromatic N) is 2. The van der Waals surface area contributed by atoms with Crippen LogP contribution in [0.4, 0.5) is 4.39 Å². The first-order valence-corrected chi connectivity index (χ1v) is 11.4. The Hall–Kier alpha value is -3.46. The number of amides is 1. The molecule has 2 aromatic carbocycles. The number of carbonyl (C=O) groups is 1. The molecule has 1 saturated heterocycles. The van der Waals surface area contributed by atoms with Gasteiger partial charge in [-0.3, -0.25) is 4.79 Å². The van der Waals surface area contributed by atoms with E-state index in [2.05, 4.69) is 21.5 Å². The van der Waals surface area contributed by atoms with Gasteiger partial charge in [-0.15, -0.1) is 0 Å². The van der Waals surface area contributed by atoms with Crippen molar-refractivity contribution in [1.29, 1.82) is 0 Å². The Morgan fingerprint density at radius 2 is 1.85 bits per heavy atom. The van der Waals surface area contributed by atoms with E-state index in [9.17, 15) is 9.18 Å². The highest BCUT2D eigenvalue weighted by atomic mass is 19.1. The predicted octanol–water partition coefficient (Wildman–Crippen LogP) is 3.79. The molecule has 2 aliphatic heterocycles. The Balaban J connectivity index is 1.15. The molecule has 34 heavy (non-hydrogen) atoms. The minimum absolute atomic E-state index is 0.0233. The van der Waals surface area contributed by atoms with Gasteiger partial charge in [0.15, 0.2) is 11.5 Å². The van der Waals surface area contributed by atoms with Crippen molar-refractivity contribution in [3.05, 3.63) is 59.7 Å². The fourth-order valence-corrected chi connectivity index (χ4v) is 4.39. The molecule has 1 amide bonds. The number of halogens is 1. The summed E-state index contributed by atoms with van der Waals surface area (Å²) in [4.78, 5) is 16.9. The van der Waals surface area contributed by atoms with Crippen LogP contribution in [-0.4, -0.2) is 42.6 Å². The Kier molecular flexibility index (Phi) is 6.44. The summed E-state index contributed by atoms with van der Waals surface area (Å²) >= 11 is 0. The molecule has 5 rings (SSSR count). The van der Waals surface area contributed by atoms with Gasteiger partial charge < -0.3 is 24.1 Å². The molecule has 3 heterocycles. The van der Waals surface area contributed by atoms with E-state index in [1.807, 2.05) is 12.1 Å². The lowest BCUT2D eigenvalue weighted by molar-refractivity contribution is -0.121. The van der Waals surface area contributed by atoms with Crippen LogP contribution in [0.15, 0.2) is 47.0 Å². The van der Waals surface area contributed by atoms with E-state index in [1.165, 1.54) is 12.1 Å². The van der Waals surface area contributed by atoms with Crippen molar-refractivity contribution in [1.82, 2.24) is 15.5 Å². The third-order valence-electron chi connectivity index (χ3n) is 6.42. The molecule has 178 valence electrons. The second-order valence-corrected chi connectivity index (χ2v) is 8.61. The van der Waals surface area contributed by atoms with Crippen LogP contribution in [0.3, 0.4) is 0 Å². The predicted molar refractivity (Wildman–Crippen MR) is 120 cm³/mol. The van der Waals surface area contributed by atoms with Gasteiger partial charge in [0.2, 0.25) is 24.4 Å². The molecule has 3 aromatic rings. The van der Waals surface area contributed by atoms with Crippen LogP contribution in [-0.2, 0) is 21.4 Å². The average Bonchev–Trinajstić information content (AvgIpc) is 3.53. The Morgan fingerprint density at radius 1 is 1.06 bits per heavy atom. The molecule has 0 atom stereocenters. The number of hydrogen-bond acceptors (Lipinski definition) is 7. The van der Waals surface area contributed by atoms with Gasteiger partial charge in [0.05, 0.1) is 0 Å². The topological polar surface area (TPSA) is 95.7 Å². The van der Waals surface area contributed by atoms with E-state index < -0.39 is 0 Å². The van der Waals surface area contributed by atoms with Crippen molar-refractivity contribution < 1.29 is 27.9 Å². The zero-order valence-corrected chi connectivity index (χ0v) is 18.7. The van der Waals surface area contributed by atoms with Gasteiger partial charge in [0, 0.05) is 43.6 Å². The first-order chi connectivity index (χ1) is 16.6. The molecule has 2 aliphatic rings. The van der Waals surface area contributed by atoms with Gasteiger partial charge >= 0.3 is 0 Å². The monoisotopic (exact) mass is 467 g/mol. The van der Waals surface area contributed by atoms with Crippen molar-refractivity contribution in [3.63, 3.8) is 0 Å². The van der Waals surface area contributed by atoms with Crippen LogP contribution in [0.2, 0.25) is 0 Å². The quantitative estimate of drug-likeness (QED) is 0.538. The summed E-state index contributed by atoms with van der Waals surface area (Å²) in [5.74, 6) is 2.01. The van der Waals surface area contributed by atoms with Gasteiger partial charge in [-0.05, 0) is 61.2 Å². The van der Waals surface area contributed by atoms with Crippen molar-refractivity contribution in [2.45, 2.75) is 37.5 Å². The number of benzene rings is 2. The molecule has 0 aliphatic carbocycles. The van der Waals surface area contributed by atoms with E-state index in [0.29, 0.717) is 56.3 Å². The summed E-state index contributed by atoms with van der Waals surface area (Å²) < 4.78 is 34.9. The smallest absolute Gasteiger partial charge is 0.231 e. The fraction of sp³-hybridized carbons (Fsp3) is 0.400. The van der Waals surface area contributed by atoms with E-state index in [-0.39, 0.29) is 23.9 Å². The van der Waals surface area contributed by atoms with Crippen LogP contribution in [0.5, 0.6) is 11.5 Å². The highest BCUT2D eigenvalue weighted by molar-refractivity contribution is 5.76. The van der Waals surface area contributed by atoms with Gasteiger partial charge in [0.25, 0.3) is 0 Å². The highest BCUT2D eigenvalue weighted by Gasteiger charge is 2.36. The second kappa shape index (κ2) is 9.80. The average molecular weight is 467 g/mol. The van der Waals surface area contributed by atoms with Crippen LogP contribution in [0.25, 0.3) is 11.4 Å². The number of aromatic nitrogens is 2. The molecule has 9 heteroatoms. The van der Waals surface area contributed by atoms with Crippen LogP contribution in [0.1, 0.15) is 37.1 Å². The van der Waals surface area contributed by atoms with E-state index in [1.54, 1.807) is 12.1 Å². The number of aryl methyl sites for hydroxylation is 1. The van der Waals surface area contributed by atoms with E-state index >= 15 is 0 Å². The van der Waals surface area contributed by atoms with Gasteiger partial charge in [-0.2, -0.15) is 4.98 Å². The Labute approximate surface area is 196 Å². The first kappa shape index (κ1) is 22.3. The molecule has 0 unspecified atom stereocenters. The third kappa shape index (κ3) is 4.89. The highest BCUT2D eigenvalue weighted by Crippen LogP contribution is 2.40. The molecular weight excluding hydrogens is 441 g/mol. The normalized spacial score (nSPS) is 16.4. The molecule has 0 saturated carbocycles. The maximum absolute atomic E-state index is 13.1. The number of carbonyl (C=O) groups excluding carboxylic acids is 1. The number of fused-ring (bicyclic) bond motifs is 1. The maximum atomic E-state index is 13.1. The molecular formula is C25H26FN3O5. The Morgan fingerprint density at radius 3 is 2.68 bits per heavy atom. The van der Waals surface area contributed by atoms with Crippen molar-refractivity contribution in [3.8, 4) is 22.9 Å². The molecule has 1 fully saturated rings. The summed E-state index contributed by atoms with van der Waals surface area (Å²) in [6, 6.07) is 11.9. The lowest BCUT2D eigenvalue weighted by Crippen LogP contribution is -2.44. The molecule has 0 bridgehead atoms. The van der Waals surface area contributed by atoms with Crippen LogP contribution in [0, 0.1) is 5.82 Å². The number of rotatable bonds is 8. The molecule has 0 spiro atoms. The van der Waals surface area contributed by atoms with Crippen molar-refractivity contribution in [2.75, 3.05) is 26.6 Å². The van der Waals surface area contributed by atoms with Gasteiger partial charge in [-0.1, -0.05) is 11.2 Å². The summed E-state index contributed by atoms with van der Waals surface area (Å²) in [6.45, 7) is 2.07. The summed E-state index contributed by atoms with van der Waals surface area (Å²) in [5, 5.41) is 7.05. The lowest BCUT2D eigenvalue weighted by Gasteiger charge is -2.38. The zero-order chi connectivity index (χ0) is 23.4. The minimum atomic E-state index is -0.320. The molecule has 1 N–H and O–H groups in total. The zero-order valence-electron chi connectivity index (χ0n) is 18.7. The lowest BCUT2D eigenvalue weighted by atomic mass is 9.74. The van der Waals surface area contributed by atoms with Crippen LogP contribution < -0.4 is 14.8 Å². The van der Waals surface area contributed by atoms with E-state index in [4.69, 9.17) is 18.7 Å². The summed E-state index contributed by atoms with van der Waals surface area (Å²) in [7, 11) is 0. The minimum Gasteiger partial charge on any atom is -0.454 e. The number of hydrogen-bond donors (Lipinski definition) is 1. The molecule has 8 nitrogen and oxygen atoms in total. The summed E-state index contributed by atoms with van der Waals surface area (Å²) in [5.41, 5.74) is 1.60. The van der Waals surface area contributed by atoms with Crippen molar-refractivity contribution in [2.24, 2.45) is 0 Å². The standard InChI is InChI=1S/C25H26FN3O5/c26-19-7-4-17(5-8-19)24-28-23(34-29-24)3-1-2-22(30)27-15-25(10-12-31-13-11-25)18-6-9-20-21(14-18)33-16-32-20/h4-9,14H,1-3,10-13,15-16H2,(H,27,30). The van der Waals surface area contributed by atoms with Gasteiger partial charge in [-0.25, -0.2) is 4.39 Å². The number of ether oxygens (including phenoxy) is 3. The molecule has 0 radical (unpaired) electrons. The second-order valence-electron chi connectivity index (χ2n) is 8.61. The van der Waals surface area contributed by atoms with Crippen LogP contribution >= 0.6 is 0 Å².